The molecule has 2 aromatic rings. The molecule has 0 saturated carbocycles. The van der Waals surface area contributed by atoms with E-state index in [0.29, 0.717) is 9.79 Å². The lowest BCUT2D eigenvalue weighted by Crippen LogP contribution is -2.21. The summed E-state index contributed by atoms with van der Waals surface area (Å²) >= 11 is 0.995. The van der Waals surface area contributed by atoms with Crippen molar-refractivity contribution in [3.63, 3.8) is 0 Å². The van der Waals surface area contributed by atoms with E-state index in [4.69, 9.17) is 9.66 Å². The maximum absolute atomic E-state index is 12.7. The zero-order valence-corrected chi connectivity index (χ0v) is 13.9. The molecule has 0 aliphatic heterocycles. The smallest absolute Gasteiger partial charge is 0.416 e. The molecule has 0 saturated heterocycles. The fourth-order valence-corrected chi connectivity index (χ4v) is 3.66. The minimum absolute atomic E-state index is 0.164. The highest BCUT2D eigenvalue weighted by Crippen LogP contribution is 2.35. The molecule has 0 amide bonds. The summed E-state index contributed by atoms with van der Waals surface area (Å²) < 4.78 is 69.4. The van der Waals surface area contributed by atoms with E-state index < -0.39 is 33.1 Å². The van der Waals surface area contributed by atoms with Crippen LogP contribution in [0.5, 0.6) is 0 Å². The summed E-state index contributed by atoms with van der Waals surface area (Å²) in [7, 11) is -4.84. The standard InChI is InChI=1S/C15H11F3O5S2/c16-15(17,18)10-2-1-3-12(8-10)24-11-6-4-9(5-7-11)13(14(19)20)25(21,22)23/h1-8,13H,(H,19,20)(H,21,22,23). The molecule has 0 bridgehead atoms. The van der Waals surface area contributed by atoms with Crippen molar-refractivity contribution >= 4 is 27.8 Å². The molecule has 0 aromatic heterocycles. The summed E-state index contributed by atoms with van der Waals surface area (Å²) in [6, 6.07) is 9.74. The van der Waals surface area contributed by atoms with Gasteiger partial charge in [0.05, 0.1) is 5.56 Å². The first-order chi connectivity index (χ1) is 11.5. The highest BCUT2D eigenvalue weighted by Gasteiger charge is 2.33. The third-order valence-corrected chi connectivity index (χ3v) is 5.17. The van der Waals surface area contributed by atoms with Crippen molar-refractivity contribution < 1.29 is 36.0 Å². The second kappa shape index (κ2) is 7.06. The van der Waals surface area contributed by atoms with Crippen LogP contribution in [0.4, 0.5) is 13.2 Å². The van der Waals surface area contributed by atoms with Gasteiger partial charge in [-0.2, -0.15) is 21.6 Å². The molecular weight excluding hydrogens is 381 g/mol. The fraction of sp³-hybridized carbons (Fsp3) is 0.133. The van der Waals surface area contributed by atoms with E-state index in [1.54, 1.807) is 0 Å². The Balaban J connectivity index is 2.25. The first-order valence-electron chi connectivity index (χ1n) is 6.62. The minimum Gasteiger partial charge on any atom is -0.480 e. The highest BCUT2D eigenvalue weighted by molar-refractivity contribution is 7.99. The Hall–Kier alpha value is -2.04. The Kier molecular flexibility index (Phi) is 5.45. The lowest BCUT2D eigenvalue weighted by molar-refractivity contribution is -0.138. The summed E-state index contributed by atoms with van der Waals surface area (Å²) in [5.74, 6) is -1.74. The fourth-order valence-electron chi connectivity index (χ4n) is 2.02. The molecule has 134 valence electrons. The van der Waals surface area contributed by atoms with Gasteiger partial charge in [0.2, 0.25) is 5.25 Å². The molecule has 10 heteroatoms. The quantitative estimate of drug-likeness (QED) is 0.751. The number of alkyl halides is 3. The van der Waals surface area contributed by atoms with Gasteiger partial charge < -0.3 is 5.11 Å². The second-order valence-corrected chi connectivity index (χ2v) is 7.58. The van der Waals surface area contributed by atoms with Crippen molar-refractivity contribution in [1.82, 2.24) is 0 Å². The molecule has 5 nitrogen and oxygen atoms in total. The van der Waals surface area contributed by atoms with Gasteiger partial charge in [0.15, 0.2) is 0 Å². The number of aliphatic carboxylic acids is 1. The number of benzene rings is 2. The Morgan fingerprint density at radius 2 is 1.64 bits per heavy atom. The first kappa shape index (κ1) is 19.3. The summed E-state index contributed by atoms with van der Waals surface area (Å²) in [6.07, 6.45) is -4.47. The summed E-state index contributed by atoms with van der Waals surface area (Å²) in [5, 5.41) is 6.80. The van der Waals surface area contributed by atoms with Gasteiger partial charge in [0, 0.05) is 9.79 Å². The van der Waals surface area contributed by atoms with Crippen molar-refractivity contribution in [3.8, 4) is 0 Å². The van der Waals surface area contributed by atoms with Gasteiger partial charge in [-0.15, -0.1) is 0 Å². The van der Waals surface area contributed by atoms with Crippen LogP contribution in [0.2, 0.25) is 0 Å². The van der Waals surface area contributed by atoms with E-state index in [1.165, 1.54) is 36.4 Å². The molecule has 2 rings (SSSR count). The number of carbonyl (C=O) groups is 1. The Morgan fingerprint density at radius 1 is 1.04 bits per heavy atom. The molecule has 1 atom stereocenters. The predicted molar refractivity (Wildman–Crippen MR) is 83.9 cm³/mol. The van der Waals surface area contributed by atoms with Crippen LogP contribution in [0, 0.1) is 0 Å². The number of carboxylic acids is 1. The minimum atomic E-state index is -4.84. The summed E-state index contributed by atoms with van der Waals surface area (Å²) in [6.45, 7) is 0. The van der Waals surface area contributed by atoms with E-state index in [9.17, 15) is 26.4 Å². The van der Waals surface area contributed by atoms with Crippen molar-refractivity contribution in [2.24, 2.45) is 0 Å². The molecule has 2 aromatic carbocycles. The SMILES string of the molecule is O=C(O)C(c1ccc(Sc2cccc(C(F)(F)F)c2)cc1)S(=O)(=O)O. The molecule has 1 unspecified atom stereocenters. The van der Waals surface area contributed by atoms with E-state index in [1.807, 2.05) is 0 Å². The van der Waals surface area contributed by atoms with Gasteiger partial charge in [-0.05, 0) is 35.9 Å². The molecule has 25 heavy (non-hydrogen) atoms. The van der Waals surface area contributed by atoms with Crippen LogP contribution in [-0.2, 0) is 21.1 Å². The zero-order valence-electron chi connectivity index (χ0n) is 12.3. The Labute approximate surface area is 145 Å². The number of halogens is 3. The van der Waals surface area contributed by atoms with Gasteiger partial charge in [-0.3, -0.25) is 9.35 Å². The van der Waals surface area contributed by atoms with Gasteiger partial charge in [0.25, 0.3) is 10.1 Å². The third-order valence-electron chi connectivity index (χ3n) is 3.10. The lowest BCUT2D eigenvalue weighted by Gasteiger charge is -2.11. The Bertz CT molecular complexity index is 877. The summed E-state index contributed by atoms with van der Waals surface area (Å²) in [4.78, 5) is 11.8. The number of rotatable bonds is 5. The van der Waals surface area contributed by atoms with Crippen molar-refractivity contribution in [2.45, 2.75) is 21.2 Å². The molecule has 0 spiro atoms. The van der Waals surface area contributed by atoms with Crippen LogP contribution in [0.25, 0.3) is 0 Å². The maximum Gasteiger partial charge on any atom is 0.416 e. The summed E-state index contributed by atoms with van der Waals surface area (Å²) in [5.41, 5.74) is -0.963. The normalized spacial score (nSPS) is 13.4. The third kappa shape index (κ3) is 4.97. The average Bonchev–Trinajstić information content (AvgIpc) is 2.47. The lowest BCUT2D eigenvalue weighted by atomic mass is 10.1. The van der Waals surface area contributed by atoms with Gasteiger partial charge >= 0.3 is 12.1 Å². The van der Waals surface area contributed by atoms with Gasteiger partial charge in [0.1, 0.15) is 0 Å². The monoisotopic (exact) mass is 392 g/mol. The van der Waals surface area contributed by atoms with Crippen LogP contribution in [0.1, 0.15) is 16.4 Å². The van der Waals surface area contributed by atoms with E-state index in [0.717, 1.165) is 23.9 Å². The van der Waals surface area contributed by atoms with E-state index in [-0.39, 0.29) is 5.56 Å². The van der Waals surface area contributed by atoms with E-state index >= 15 is 0 Å². The Morgan fingerprint density at radius 3 is 2.12 bits per heavy atom. The van der Waals surface area contributed by atoms with Crippen LogP contribution >= 0.6 is 11.8 Å². The number of carboxylic acid groups (broad SMARTS) is 1. The predicted octanol–water partition coefficient (Wildman–Crippen LogP) is 3.87. The average molecular weight is 392 g/mol. The topological polar surface area (TPSA) is 91.7 Å². The molecular formula is C15H11F3O5S2. The van der Waals surface area contributed by atoms with Crippen molar-refractivity contribution in [1.29, 1.82) is 0 Å². The first-order valence-corrected chi connectivity index (χ1v) is 8.94. The van der Waals surface area contributed by atoms with Gasteiger partial charge in [-0.25, -0.2) is 0 Å². The van der Waals surface area contributed by atoms with Crippen molar-refractivity contribution in [2.75, 3.05) is 0 Å². The molecule has 0 fully saturated rings. The second-order valence-electron chi connectivity index (χ2n) is 4.93. The van der Waals surface area contributed by atoms with Gasteiger partial charge in [-0.1, -0.05) is 30.0 Å². The molecule has 0 aliphatic rings. The molecule has 0 radical (unpaired) electrons. The van der Waals surface area contributed by atoms with Crippen LogP contribution < -0.4 is 0 Å². The molecule has 0 aliphatic carbocycles. The molecule has 0 heterocycles. The number of hydrogen-bond donors (Lipinski definition) is 2. The largest absolute Gasteiger partial charge is 0.480 e. The number of hydrogen-bond acceptors (Lipinski definition) is 4. The highest BCUT2D eigenvalue weighted by atomic mass is 32.2. The zero-order chi connectivity index (χ0) is 18.8. The van der Waals surface area contributed by atoms with E-state index in [2.05, 4.69) is 0 Å². The molecule has 2 N–H and O–H groups in total. The van der Waals surface area contributed by atoms with Crippen LogP contribution in [0.3, 0.4) is 0 Å². The maximum atomic E-state index is 12.7. The van der Waals surface area contributed by atoms with Crippen LogP contribution in [0.15, 0.2) is 58.3 Å². The van der Waals surface area contributed by atoms with Crippen LogP contribution in [-0.4, -0.2) is 24.0 Å². The van der Waals surface area contributed by atoms with Crippen molar-refractivity contribution in [3.05, 3.63) is 59.7 Å².